The number of piperidine rings is 1. The molecule has 2 fully saturated rings. The first-order valence-corrected chi connectivity index (χ1v) is 6.44. The summed E-state index contributed by atoms with van der Waals surface area (Å²) in [5, 5.41) is 16.4. The third kappa shape index (κ3) is 3.74. The summed E-state index contributed by atoms with van der Waals surface area (Å²) in [5.74, 6) is 1.60. The molecule has 0 aromatic rings. The van der Waals surface area contributed by atoms with Crippen LogP contribution < -0.4 is 10.6 Å². The molecule has 0 spiro atoms. The minimum Gasteiger partial charge on any atom is -0.393 e. The van der Waals surface area contributed by atoms with E-state index < -0.39 is 0 Å². The van der Waals surface area contributed by atoms with E-state index in [1.54, 1.807) is 0 Å². The molecule has 2 atom stereocenters. The zero-order chi connectivity index (χ0) is 10.5. The molecule has 2 rings (SSSR count). The molecule has 15 heavy (non-hydrogen) atoms. The molecular weight excluding hydrogens is 188 g/mol. The van der Waals surface area contributed by atoms with Gasteiger partial charge in [-0.15, -0.1) is 0 Å². The molecule has 88 valence electrons. The van der Waals surface area contributed by atoms with Crippen molar-refractivity contribution >= 4 is 0 Å². The first kappa shape index (κ1) is 11.4. The van der Waals surface area contributed by atoms with E-state index in [1.165, 1.54) is 38.9 Å². The molecule has 1 saturated carbocycles. The second kappa shape index (κ2) is 5.83. The highest BCUT2D eigenvalue weighted by Gasteiger charge is 2.22. The molecule has 1 heterocycles. The third-order valence-corrected chi connectivity index (χ3v) is 3.84. The lowest BCUT2D eigenvalue weighted by Gasteiger charge is -2.23. The van der Waals surface area contributed by atoms with E-state index >= 15 is 0 Å². The molecule has 3 N–H and O–H groups in total. The zero-order valence-corrected chi connectivity index (χ0v) is 9.54. The summed E-state index contributed by atoms with van der Waals surface area (Å²) >= 11 is 0. The van der Waals surface area contributed by atoms with Crippen LogP contribution in [0.15, 0.2) is 0 Å². The van der Waals surface area contributed by atoms with Gasteiger partial charge in [-0.3, -0.25) is 0 Å². The lowest BCUT2D eigenvalue weighted by Crippen LogP contribution is -2.35. The van der Waals surface area contributed by atoms with Gasteiger partial charge in [0.05, 0.1) is 6.10 Å². The van der Waals surface area contributed by atoms with Crippen LogP contribution in [0.5, 0.6) is 0 Å². The summed E-state index contributed by atoms with van der Waals surface area (Å²) < 4.78 is 0. The van der Waals surface area contributed by atoms with Gasteiger partial charge in [0.15, 0.2) is 0 Å². The molecule has 1 aliphatic carbocycles. The van der Waals surface area contributed by atoms with Crippen LogP contribution in [0.3, 0.4) is 0 Å². The number of hydrogen-bond acceptors (Lipinski definition) is 3. The standard InChI is InChI=1S/C12H24N2O/c15-12-2-1-11(7-12)9-14-8-10-3-5-13-6-4-10/h10-15H,1-9H2. The van der Waals surface area contributed by atoms with E-state index in [4.69, 9.17) is 0 Å². The Bertz CT molecular complexity index is 176. The number of rotatable bonds is 4. The minimum atomic E-state index is -0.0179. The maximum absolute atomic E-state index is 9.41. The summed E-state index contributed by atoms with van der Waals surface area (Å²) in [6.45, 7) is 4.66. The van der Waals surface area contributed by atoms with Gasteiger partial charge < -0.3 is 15.7 Å². The van der Waals surface area contributed by atoms with Gasteiger partial charge in [0.25, 0.3) is 0 Å². The number of aliphatic hydroxyl groups excluding tert-OH is 1. The van der Waals surface area contributed by atoms with E-state index in [0.717, 1.165) is 31.2 Å². The van der Waals surface area contributed by atoms with E-state index in [0.29, 0.717) is 0 Å². The summed E-state index contributed by atoms with van der Waals surface area (Å²) in [6.07, 6.45) is 5.86. The van der Waals surface area contributed by atoms with Crippen LogP contribution in [0.2, 0.25) is 0 Å². The van der Waals surface area contributed by atoms with Crippen LogP contribution >= 0.6 is 0 Å². The molecule has 0 radical (unpaired) electrons. The Morgan fingerprint density at radius 3 is 2.40 bits per heavy atom. The van der Waals surface area contributed by atoms with Gasteiger partial charge in [0.1, 0.15) is 0 Å². The first-order valence-electron chi connectivity index (χ1n) is 6.44. The van der Waals surface area contributed by atoms with Crippen molar-refractivity contribution in [3.63, 3.8) is 0 Å². The Morgan fingerprint density at radius 1 is 1.00 bits per heavy atom. The fourth-order valence-electron chi connectivity index (χ4n) is 2.81. The van der Waals surface area contributed by atoms with Crippen LogP contribution in [0.25, 0.3) is 0 Å². The van der Waals surface area contributed by atoms with Crippen molar-refractivity contribution in [2.75, 3.05) is 26.2 Å². The van der Waals surface area contributed by atoms with Crippen LogP contribution in [0.4, 0.5) is 0 Å². The second-order valence-corrected chi connectivity index (χ2v) is 5.18. The van der Waals surface area contributed by atoms with E-state index in [-0.39, 0.29) is 6.10 Å². The van der Waals surface area contributed by atoms with Crippen molar-refractivity contribution in [2.24, 2.45) is 11.8 Å². The normalized spacial score (nSPS) is 33.4. The van der Waals surface area contributed by atoms with Gasteiger partial charge in [0, 0.05) is 0 Å². The third-order valence-electron chi connectivity index (χ3n) is 3.84. The number of hydrogen-bond donors (Lipinski definition) is 3. The highest BCUT2D eigenvalue weighted by molar-refractivity contribution is 4.77. The first-order chi connectivity index (χ1) is 7.34. The van der Waals surface area contributed by atoms with E-state index in [2.05, 4.69) is 10.6 Å². The van der Waals surface area contributed by atoms with Gasteiger partial charge in [-0.1, -0.05) is 0 Å². The Kier molecular flexibility index (Phi) is 4.42. The summed E-state index contributed by atoms with van der Waals surface area (Å²) in [6, 6.07) is 0. The maximum atomic E-state index is 9.41. The largest absolute Gasteiger partial charge is 0.393 e. The van der Waals surface area contributed by atoms with Crippen molar-refractivity contribution in [3.8, 4) is 0 Å². The smallest absolute Gasteiger partial charge is 0.0543 e. The topological polar surface area (TPSA) is 44.3 Å². The zero-order valence-electron chi connectivity index (χ0n) is 9.54. The summed E-state index contributed by atoms with van der Waals surface area (Å²) in [5.41, 5.74) is 0. The Balaban J connectivity index is 1.54. The van der Waals surface area contributed by atoms with Crippen LogP contribution in [0.1, 0.15) is 32.1 Å². The van der Waals surface area contributed by atoms with E-state index in [1.807, 2.05) is 0 Å². The van der Waals surface area contributed by atoms with E-state index in [9.17, 15) is 5.11 Å². The van der Waals surface area contributed by atoms with Gasteiger partial charge >= 0.3 is 0 Å². The van der Waals surface area contributed by atoms with Crippen molar-refractivity contribution in [2.45, 2.75) is 38.2 Å². The lowest BCUT2D eigenvalue weighted by atomic mass is 9.98. The molecule has 0 bridgehead atoms. The molecule has 3 nitrogen and oxygen atoms in total. The monoisotopic (exact) mass is 212 g/mol. The van der Waals surface area contributed by atoms with Crippen LogP contribution in [-0.2, 0) is 0 Å². The fraction of sp³-hybridized carbons (Fsp3) is 1.00. The minimum absolute atomic E-state index is 0.0179. The summed E-state index contributed by atoms with van der Waals surface area (Å²) in [4.78, 5) is 0. The molecule has 3 heteroatoms. The maximum Gasteiger partial charge on any atom is 0.0543 e. The van der Waals surface area contributed by atoms with Crippen molar-refractivity contribution in [3.05, 3.63) is 0 Å². The molecule has 0 aromatic heterocycles. The molecule has 2 aliphatic rings. The van der Waals surface area contributed by atoms with Gasteiger partial charge in [-0.25, -0.2) is 0 Å². The van der Waals surface area contributed by atoms with Gasteiger partial charge in [-0.2, -0.15) is 0 Å². The average molecular weight is 212 g/mol. The van der Waals surface area contributed by atoms with Crippen LogP contribution in [-0.4, -0.2) is 37.4 Å². The Morgan fingerprint density at radius 2 is 1.73 bits per heavy atom. The quantitative estimate of drug-likeness (QED) is 0.644. The summed E-state index contributed by atoms with van der Waals surface area (Å²) in [7, 11) is 0. The molecule has 1 aliphatic heterocycles. The van der Waals surface area contributed by atoms with Gasteiger partial charge in [-0.05, 0) is 70.1 Å². The highest BCUT2D eigenvalue weighted by atomic mass is 16.3. The molecule has 0 aromatic carbocycles. The van der Waals surface area contributed by atoms with Gasteiger partial charge in [0.2, 0.25) is 0 Å². The highest BCUT2D eigenvalue weighted by Crippen LogP contribution is 2.24. The Hall–Kier alpha value is -0.120. The molecular formula is C12H24N2O. The van der Waals surface area contributed by atoms with Crippen LogP contribution in [0, 0.1) is 11.8 Å². The predicted octanol–water partition coefficient (Wildman–Crippen LogP) is 0.737. The Labute approximate surface area is 92.6 Å². The van der Waals surface area contributed by atoms with Crippen molar-refractivity contribution in [1.29, 1.82) is 0 Å². The molecule has 2 unspecified atom stereocenters. The number of nitrogens with one attached hydrogen (secondary N) is 2. The molecule has 1 saturated heterocycles. The number of aliphatic hydroxyl groups is 1. The fourth-order valence-corrected chi connectivity index (χ4v) is 2.81. The predicted molar refractivity (Wildman–Crippen MR) is 61.8 cm³/mol. The molecule has 0 amide bonds. The van der Waals surface area contributed by atoms with Crippen molar-refractivity contribution < 1.29 is 5.11 Å². The van der Waals surface area contributed by atoms with Crippen molar-refractivity contribution in [1.82, 2.24) is 10.6 Å². The SMILES string of the molecule is OC1CCC(CNCC2CCNCC2)C1. The second-order valence-electron chi connectivity index (χ2n) is 5.18. The average Bonchev–Trinajstić information content (AvgIpc) is 2.66. The lowest BCUT2D eigenvalue weighted by molar-refractivity contribution is 0.177.